The maximum atomic E-state index is 11.4. The molecule has 1 saturated heterocycles. The molecule has 1 aliphatic heterocycles. The minimum atomic E-state index is 0.0547. The van der Waals surface area contributed by atoms with Crippen LogP contribution in [0.4, 0.5) is 0 Å². The summed E-state index contributed by atoms with van der Waals surface area (Å²) < 4.78 is 5.38. The topological polar surface area (TPSA) is 61.8 Å². The first kappa shape index (κ1) is 15.4. The molecular formula is C16H20N2O3. The highest BCUT2D eigenvalue weighted by molar-refractivity contribution is 5.78. The Balaban J connectivity index is 2.14. The number of amides is 1. The Labute approximate surface area is 124 Å². The van der Waals surface area contributed by atoms with Gasteiger partial charge in [0.2, 0.25) is 5.91 Å². The number of carbonyl (C=O) groups excluding carboxylic acids is 1. The molecule has 1 fully saturated rings. The van der Waals surface area contributed by atoms with Crippen LogP contribution in [0.3, 0.4) is 0 Å². The lowest BCUT2D eigenvalue weighted by atomic mass is 10.1. The zero-order valence-corrected chi connectivity index (χ0v) is 12.2. The number of aliphatic hydroxyl groups is 1. The SMILES string of the molecule is COc1ccc(C#CCCO)cc1CN1CCNC(=O)C1. The van der Waals surface area contributed by atoms with Crippen molar-refractivity contribution < 1.29 is 14.6 Å². The number of ether oxygens (including phenoxy) is 1. The number of piperazine rings is 1. The Kier molecular flexibility index (Phi) is 5.61. The molecule has 2 N–H and O–H groups in total. The number of benzene rings is 1. The Hall–Kier alpha value is -2.03. The molecule has 21 heavy (non-hydrogen) atoms. The minimum absolute atomic E-state index is 0.0547. The van der Waals surface area contributed by atoms with Crippen LogP contribution in [-0.2, 0) is 11.3 Å². The minimum Gasteiger partial charge on any atom is -0.496 e. The van der Waals surface area contributed by atoms with Crippen molar-refractivity contribution >= 4 is 5.91 Å². The highest BCUT2D eigenvalue weighted by Crippen LogP contribution is 2.21. The summed E-state index contributed by atoms with van der Waals surface area (Å²) in [6.45, 7) is 2.64. The van der Waals surface area contributed by atoms with Crippen molar-refractivity contribution in [2.45, 2.75) is 13.0 Å². The molecule has 0 spiro atoms. The Bertz CT molecular complexity index is 560. The van der Waals surface area contributed by atoms with E-state index in [0.29, 0.717) is 26.1 Å². The summed E-state index contributed by atoms with van der Waals surface area (Å²) in [5.74, 6) is 6.78. The highest BCUT2D eigenvalue weighted by Gasteiger charge is 2.17. The lowest BCUT2D eigenvalue weighted by Gasteiger charge is -2.27. The molecule has 0 aromatic heterocycles. The molecule has 5 heteroatoms. The van der Waals surface area contributed by atoms with E-state index < -0.39 is 0 Å². The fourth-order valence-corrected chi connectivity index (χ4v) is 2.27. The third-order valence-electron chi connectivity index (χ3n) is 3.26. The lowest BCUT2D eigenvalue weighted by Crippen LogP contribution is -2.47. The third kappa shape index (κ3) is 4.48. The number of hydrogen-bond donors (Lipinski definition) is 2. The van der Waals surface area contributed by atoms with Gasteiger partial charge in [-0.25, -0.2) is 0 Å². The predicted molar refractivity (Wildman–Crippen MR) is 79.9 cm³/mol. The normalized spacial score (nSPS) is 15.0. The van der Waals surface area contributed by atoms with Crippen molar-refractivity contribution in [2.75, 3.05) is 33.4 Å². The first-order valence-corrected chi connectivity index (χ1v) is 6.98. The van der Waals surface area contributed by atoms with Gasteiger partial charge >= 0.3 is 0 Å². The van der Waals surface area contributed by atoms with E-state index in [1.165, 1.54) is 0 Å². The average molecular weight is 288 g/mol. The van der Waals surface area contributed by atoms with Crippen molar-refractivity contribution in [3.8, 4) is 17.6 Å². The molecule has 1 amide bonds. The van der Waals surface area contributed by atoms with E-state index in [1.54, 1.807) is 7.11 Å². The van der Waals surface area contributed by atoms with Crippen molar-refractivity contribution in [2.24, 2.45) is 0 Å². The molecule has 1 aromatic carbocycles. The Morgan fingerprint density at radius 2 is 2.33 bits per heavy atom. The highest BCUT2D eigenvalue weighted by atomic mass is 16.5. The van der Waals surface area contributed by atoms with Crippen molar-refractivity contribution in [3.63, 3.8) is 0 Å². The van der Waals surface area contributed by atoms with Crippen LogP contribution in [0.25, 0.3) is 0 Å². The first-order chi connectivity index (χ1) is 10.2. The Morgan fingerprint density at radius 3 is 3.05 bits per heavy atom. The number of carbonyl (C=O) groups is 1. The molecule has 0 unspecified atom stereocenters. The molecule has 5 nitrogen and oxygen atoms in total. The van der Waals surface area contributed by atoms with E-state index in [0.717, 1.165) is 23.4 Å². The second-order valence-corrected chi connectivity index (χ2v) is 4.86. The average Bonchev–Trinajstić information content (AvgIpc) is 2.48. The second-order valence-electron chi connectivity index (χ2n) is 4.86. The predicted octanol–water partition coefficient (Wildman–Crippen LogP) is 0.361. The van der Waals surface area contributed by atoms with Crippen LogP contribution >= 0.6 is 0 Å². The van der Waals surface area contributed by atoms with Crippen LogP contribution in [0, 0.1) is 11.8 Å². The molecule has 112 valence electrons. The van der Waals surface area contributed by atoms with Crippen LogP contribution in [0.2, 0.25) is 0 Å². The van der Waals surface area contributed by atoms with Crippen molar-refractivity contribution in [1.29, 1.82) is 0 Å². The molecule has 1 heterocycles. The lowest BCUT2D eigenvalue weighted by molar-refractivity contribution is -0.124. The van der Waals surface area contributed by atoms with Gasteiger partial charge in [0.05, 0.1) is 20.3 Å². The van der Waals surface area contributed by atoms with E-state index in [9.17, 15) is 4.79 Å². The quantitative estimate of drug-likeness (QED) is 0.786. The zero-order valence-electron chi connectivity index (χ0n) is 12.2. The van der Waals surface area contributed by atoms with Crippen LogP contribution in [-0.4, -0.2) is 49.3 Å². The van der Waals surface area contributed by atoms with Gasteiger partial charge in [-0.3, -0.25) is 9.69 Å². The van der Waals surface area contributed by atoms with Gasteiger partial charge in [-0.15, -0.1) is 0 Å². The van der Waals surface area contributed by atoms with E-state index in [2.05, 4.69) is 22.1 Å². The van der Waals surface area contributed by atoms with Gasteiger partial charge < -0.3 is 15.2 Å². The summed E-state index contributed by atoms with van der Waals surface area (Å²) in [5, 5.41) is 11.6. The number of hydrogen-bond acceptors (Lipinski definition) is 4. The number of aliphatic hydroxyl groups excluding tert-OH is 1. The first-order valence-electron chi connectivity index (χ1n) is 6.98. The maximum Gasteiger partial charge on any atom is 0.234 e. The van der Waals surface area contributed by atoms with Crippen LogP contribution in [0.1, 0.15) is 17.5 Å². The van der Waals surface area contributed by atoms with Crippen LogP contribution in [0.5, 0.6) is 5.75 Å². The van der Waals surface area contributed by atoms with Gasteiger partial charge in [0.25, 0.3) is 0 Å². The van der Waals surface area contributed by atoms with Gasteiger partial charge in [0, 0.05) is 37.2 Å². The number of methoxy groups -OCH3 is 1. The fraction of sp³-hybridized carbons (Fsp3) is 0.438. The maximum absolute atomic E-state index is 11.4. The van der Waals surface area contributed by atoms with E-state index in [-0.39, 0.29) is 12.5 Å². The van der Waals surface area contributed by atoms with E-state index in [4.69, 9.17) is 9.84 Å². The van der Waals surface area contributed by atoms with Crippen LogP contribution < -0.4 is 10.1 Å². The molecule has 0 atom stereocenters. The molecule has 1 aliphatic rings. The summed E-state index contributed by atoms with van der Waals surface area (Å²) in [6.07, 6.45) is 0.466. The van der Waals surface area contributed by atoms with Gasteiger partial charge in [0.15, 0.2) is 0 Å². The van der Waals surface area contributed by atoms with E-state index in [1.807, 2.05) is 18.2 Å². The summed E-state index contributed by atoms with van der Waals surface area (Å²) in [4.78, 5) is 13.5. The summed E-state index contributed by atoms with van der Waals surface area (Å²) in [7, 11) is 1.64. The smallest absolute Gasteiger partial charge is 0.234 e. The third-order valence-corrected chi connectivity index (χ3v) is 3.26. The molecular weight excluding hydrogens is 268 g/mol. The standard InChI is InChI=1S/C16H20N2O3/c1-21-15-6-5-13(4-2-3-9-19)10-14(15)11-18-8-7-17-16(20)12-18/h5-6,10,19H,3,7-9,11-12H2,1H3,(H,17,20). The molecule has 2 rings (SSSR count). The molecule has 0 bridgehead atoms. The largest absolute Gasteiger partial charge is 0.496 e. The zero-order chi connectivity index (χ0) is 15.1. The number of nitrogens with one attached hydrogen (secondary N) is 1. The molecule has 1 aromatic rings. The molecule has 0 aliphatic carbocycles. The summed E-state index contributed by atoms with van der Waals surface area (Å²) in [6, 6.07) is 5.77. The molecule has 0 radical (unpaired) electrons. The number of nitrogens with zero attached hydrogens (tertiary/aromatic N) is 1. The second kappa shape index (κ2) is 7.67. The Morgan fingerprint density at radius 1 is 1.48 bits per heavy atom. The molecule has 0 saturated carbocycles. The van der Waals surface area contributed by atoms with Gasteiger partial charge in [-0.1, -0.05) is 11.8 Å². The number of rotatable bonds is 4. The van der Waals surface area contributed by atoms with Crippen molar-refractivity contribution in [3.05, 3.63) is 29.3 Å². The monoisotopic (exact) mass is 288 g/mol. The van der Waals surface area contributed by atoms with Gasteiger partial charge in [0.1, 0.15) is 5.75 Å². The fourth-order valence-electron chi connectivity index (χ4n) is 2.27. The van der Waals surface area contributed by atoms with Crippen LogP contribution in [0.15, 0.2) is 18.2 Å². The van der Waals surface area contributed by atoms with Crippen molar-refractivity contribution in [1.82, 2.24) is 10.2 Å². The van der Waals surface area contributed by atoms with Gasteiger partial charge in [-0.05, 0) is 18.2 Å². The van der Waals surface area contributed by atoms with Gasteiger partial charge in [-0.2, -0.15) is 0 Å². The summed E-state index contributed by atoms with van der Waals surface area (Å²) in [5.41, 5.74) is 1.91. The van der Waals surface area contributed by atoms with E-state index >= 15 is 0 Å². The summed E-state index contributed by atoms with van der Waals surface area (Å²) >= 11 is 0.